The van der Waals surface area contributed by atoms with Crippen molar-refractivity contribution in [2.75, 3.05) is 31.1 Å². The zero-order valence-electron chi connectivity index (χ0n) is 25.9. The minimum Gasteiger partial charge on any atom is -0.353 e. The number of rotatable bonds is 15. The van der Waals surface area contributed by atoms with Gasteiger partial charge in [-0.3, -0.25) is 19.3 Å². The Hall–Kier alpha value is -2.43. The summed E-state index contributed by atoms with van der Waals surface area (Å²) in [5.41, 5.74) is 2.65. The molecule has 10 heteroatoms. The Morgan fingerprint density at radius 1 is 1.14 bits per heavy atom. The van der Waals surface area contributed by atoms with Gasteiger partial charge in [-0.05, 0) is 48.8 Å². The number of carbonyl (C=O) groups excluding carboxylic acids is 3. The lowest BCUT2D eigenvalue weighted by atomic mass is 9.90. The van der Waals surface area contributed by atoms with E-state index in [1.54, 1.807) is 11.3 Å². The molecule has 0 bridgehead atoms. The summed E-state index contributed by atoms with van der Waals surface area (Å²) in [6, 6.07) is 6.16. The first kappa shape index (κ1) is 33.5. The van der Waals surface area contributed by atoms with Crippen molar-refractivity contribution in [3.8, 4) is 0 Å². The van der Waals surface area contributed by atoms with Crippen molar-refractivity contribution < 1.29 is 22.8 Å². The number of sulfone groups is 1. The van der Waals surface area contributed by atoms with E-state index in [1.165, 1.54) is 5.56 Å². The topological polar surface area (TPSA) is 114 Å². The van der Waals surface area contributed by atoms with Crippen molar-refractivity contribution in [1.82, 2.24) is 15.2 Å². The number of hydrogen-bond acceptors (Lipinski definition) is 8. The van der Waals surface area contributed by atoms with E-state index in [0.717, 1.165) is 40.9 Å². The molecule has 1 amide bonds. The summed E-state index contributed by atoms with van der Waals surface area (Å²) >= 11 is 1.59. The van der Waals surface area contributed by atoms with Gasteiger partial charge in [0.05, 0.1) is 32.6 Å². The number of amides is 1. The number of carbonyl (C=O) groups is 3. The van der Waals surface area contributed by atoms with Crippen LogP contribution in [-0.4, -0.2) is 73.0 Å². The smallest absolute Gasteiger partial charge is 0.224 e. The minimum absolute atomic E-state index is 0.0429. The summed E-state index contributed by atoms with van der Waals surface area (Å²) in [5, 5.41) is 4.13. The molecular formula is C33H47N3O5S2. The molecule has 1 saturated carbocycles. The number of hydrogen-bond donors (Lipinski definition) is 1. The zero-order chi connectivity index (χ0) is 31.1. The van der Waals surface area contributed by atoms with Gasteiger partial charge in [0.2, 0.25) is 5.91 Å². The Morgan fingerprint density at radius 3 is 2.49 bits per heavy atom. The molecule has 43 heavy (non-hydrogen) atoms. The van der Waals surface area contributed by atoms with Gasteiger partial charge in [0.1, 0.15) is 5.78 Å². The third kappa shape index (κ3) is 9.53. The summed E-state index contributed by atoms with van der Waals surface area (Å²) in [4.78, 5) is 46.1. The predicted octanol–water partition coefficient (Wildman–Crippen LogP) is 5.26. The highest BCUT2D eigenvalue weighted by atomic mass is 32.2. The van der Waals surface area contributed by atoms with E-state index in [2.05, 4.69) is 37.9 Å². The van der Waals surface area contributed by atoms with Crippen molar-refractivity contribution in [2.24, 2.45) is 11.8 Å². The SMILES string of the molecule is C=C(CN1CCS(=O)(=O)CC1)C(=O)CC[C@@H](NC(=O)[C@@H](CC(=O)CC)Cc1nc2ccc(C(C)C)cc2s1)C1CCCC1. The third-order valence-corrected chi connectivity index (χ3v) is 11.7. The quantitative estimate of drug-likeness (QED) is 0.268. The van der Waals surface area contributed by atoms with E-state index < -0.39 is 15.8 Å². The highest BCUT2D eigenvalue weighted by molar-refractivity contribution is 7.91. The average Bonchev–Trinajstić information content (AvgIpc) is 3.65. The molecule has 2 aromatic rings. The van der Waals surface area contributed by atoms with Gasteiger partial charge in [0.25, 0.3) is 0 Å². The largest absolute Gasteiger partial charge is 0.353 e. The first-order valence-electron chi connectivity index (χ1n) is 15.8. The average molecular weight is 630 g/mol. The third-order valence-electron chi connectivity index (χ3n) is 9.01. The van der Waals surface area contributed by atoms with Crippen LogP contribution in [0.5, 0.6) is 0 Å². The summed E-state index contributed by atoms with van der Waals surface area (Å²) in [7, 11) is -2.98. The van der Waals surface area contributed by atoms with Crippen molar-refractivity contribution in [2.45, 2.75) is 90.5 Å². The number of nitrogens with one attached hydrogen (secondary N) is 1. The van der Waals surface area contributed by atoms with Crippen molar-refractivity contribution in [1.29, 1.82) is 0 Å². The maximum absolute atomic E-state index is 13.8. The van der Waals surface area contributed by atoms with Gasteiger partial charge in [-0.2, -0.15) is 0 Å². The van der Waals surface area contributed by atoms with Gasteiger partial charge in [-0.25, -0.2) is 13.4 Å². The summed E-state index contributed by atoms with van der Waals surface area (Å²) in [6.07, 6.45) is 6.01. The number of Topliss-reactive ketones (excluding diaryl/α,β-unsaturated/α-hetero) is 2. The molecule has 2 aliphatic rings. The molecule has 0 radical (unpaired) electrons. The molecule has 236 valence electrons. The molecule has 0 spiro atoms. The highest BCUT2D eigenvalue weighted by Gasteiger charge is 2.31. The molecule has 2 fully saturated rings. The Bertz CT molecular complexity index is 1410. The lowest BCUT2D eigenvalue weighted by Crippen LogP contribution is -2.44. The van der Waals surface area contributed by atoms with Gasteiger partial charge in [0, 0.05) is 56.9 Å². The van der Waals surface area contributed by atoms with Crippen molar-refractivity contribution in [3.63, 3.8) is 0 Å². The number of thiazole rings is 1. The molecule has 1 aliphatic heterocycles. The van der Waals surface area contributed by atoms with Crippen LogP contribution >= 0.6 is 11.3 Å². The fraction of sp³-hybridized carbons (Fsp3) is 0.636. The Balaban J connectivity index is 1.41. The standard InChI is InChI=1S/C33H47N3O5S2/c1-5-27(37)18-26(20-32-34-29-11-10-25(22(2)3)19-31(29)42-32)33(39)35-28(24-8-6-7-9-24)12-13-30(38)23(4)21-36-14-16-43(40,41)17-15-36/h10-11,19,22,24,26,28H,4-9,12-18,20-21H2,1-3H3,(H,35,39)/t26-,28+/m0/s1. The van der Waals surface area contributed by atoms with Gasteiger partial charge >= 0.3 is 0 Å². The van der Waals surface area contributed by atoms with Crippen LogP contribution in [0.2, 0.25) is 0 Å². The second-order valence-corrected chi connectivity index (χ2v) is 16.1. The van der Waals surface area contributed by atoms with E-state index in [9.17, 15) is 22.8 Å². The molecule has 1 aromatic heterocycles. The number of ketones is 2. The first-order chi connectivity index (χ1) is 20.4. The normalized spacial score (nSPS) is 19.0. The van der Waals surface area contributed by atoms with E-state index in [1.807, 2.05) is 17.9 Å². The fourth-order valence-electron chi connectivity index (χ4n) is 6.14. The van der Waals surface area contributed by atoms with Gasteiger partial charge in [-0.1, -0.05) is 46.3 Å². The summed E-state index contributed by atoms with van der Waals surface area (Å²) in [5.74, 6) is 0.303. The van der Waals surface area contributed by atoms with Crippen molar-refractivity contribution in [3.05, 3.63) is 40.9 Å². The number of fused-ring (bicyclic) bond motifs is 1. The second kappa shape index (κ2) is 15.0. The number of nitrogens with zero attached hydrogens (tertiary/aromatic N) is 2. The van der Waals surface area contributed by atoms with Crippen LogP contribution in [0.3, 0.4) is 0 Å². The Kier molecular flexibility index (Phi) is 11.7. The molecule has 1 saturated heterocycles. The van der Waals surface area contributed by atoms with Crippen LogP contribution in [0.1, 0.15) is 88.6 Å². The lowest BCUT2D eigenvalue weighted by Gasteiger charge is -2.28. The fourth-order valence-corrected chi connectivity index (χ4v) is 8.51. The van der Waals surface area contributed by atoms with Crippen LogP contribution in [0.4, 0.5) is 0 Å². The maximum Gasteiger partial charge on any atom is 0.224 e. The van der Waals surface area contributed by atoms with Crippen LogP contribution in [0.25, 0.3) is 10.2 Å². The molecule has 1 aromatic carbocycles. The summed E-state index contributed by atoms with van der Waals surface area (Å²) < 4.78 is 24.6. The molecule has 8 nitrogen and oxygen atoms in total. The van der Waals surface area contributed by atoms with Crippen LogP contribution in [0, 0.1) is 11.8 Å². The minimum atomic E-state index is -2.98. The van der Waals surface area contributed by atoms with E-state index in [-0.39, 0.29) is 47.9 Å². The molecule has 1 aliphatic carbocycles. The van der Waals surface area contributed by atoms with E-state index >= 15 is 0 Å². The number of benzene rings is 1. The zero-order valence-corrected chi connectivity index (χ0v) is 27.5. The molecular weight excluding hydrogens is 583 g/mol. The second-order valence-electron chi connectivity index (χ2n) is 12.6. The van der Waals surface area contributed by atoms with E-state index in [0.29, 0.717) is 56.3 Å². The predicted molar refractivity (Wildman–Crippen MR) is 173 cm³/mol. The highest BCUT2D eigenvalue weighted by Crippen LogP contribution is 2.31. The Morgan fingerprint density at radius 2 is 1.84 bits per heavy atom. The van der Waals surface area contributed by atoms with Crippen LogP contribution < -0.4 is 5.32 Å². The van der Waals surface area contributed by atoms with Gasteiger partial charge in [-0.15, -0.1) is 11.3 Å². The van der Waals surface area contributed by atoms with Gasteiger partial charge < -0.3 is 5.32 Å². The molecule has 4 rings (SSSR count). The van der Waals surface area contributed by atoms with Crippen LogP contribution in [0.15, 0.2) is 30.4 Å². The molecule has 2 atom stereocenters. The molecule has 0 unspecified atom stereocenters. The van der Waals surface area contributed by atoms with Crippen LogP contribution in [-0.2, 0) is 30.6 Å². The monoisotopic (exact) mass is 629 g/mol. The molecule has 2 heterocycles. The van der Waals surface area contributed by atoms with Gasteiger partial charge in [0.15, 0.2) is 15.6 Å². The van der Waals surface area contributed by atoms with Crippen molar-refractivity contribution >= 4 is 48.9 Å². The Labute approximate surface area is 260 Å². The summed E-state index contributed by atoms with van der Waals surface area (Å²) in [6.45, 7) is 11.4. The first-order valence-corrected chi connectivity index (χ1v) is 18.4. The lowest BCUT2D eigenvalue weighted by molar-refractivity contribution is -0.130. The van der Waals surface area contributed by atoms with E-state index in [4.69, 9.17) is 4.98 Å². The maximum atomic E-state index is 13.8. The molecule has 1 N–H and O–H groups in total. The number of aromatic nitrogens is 1.